The predicted octanol–water partition coefficient (Wildman–Crippen LogP) is 2.98. The Bertz CT molecular complexity index is 516. The van der Waals surface area contributed by atoms with Crippen LogP contribution in [0.4, 0.5) is 0 Å². The number of hydrogen-bond acceptors (Lipinski definition) is 1. The molecular formula is C13H14NOY-. The summed E-state index contributed by atoms with van der Waals surface area (Å²) in [5.41, 5.74) is 3.48. The molecule has 2 aromatic rings. The van der Waals surface area contributed by atoms with Crippen molar-refractivity contribution in [2.24, 2.45) is 0 Å². The molecule has 2 nitrogen and oxygen atoms in total. The molecule has 81 valence electrons. The van der Waals surface area contributed by atoms with Crippen LogP contribution >= 0.6 is 0 Å². The molecule has 1 aliphatic heterocycles. The Morgan fingerprint density at radius 3 is 2.88 bits per heavy atom. The van der Waals surface area contributed by atoms with E-state index in [1.807, 2.05) is 0 Å². The van der Waals surface area contributed by atoms with Crippen molar-refractivity contribution in [2.45, 2.75) is 19.4 Å². The minimum absolute atomic E-state index is 0. The molecule has 0 aliphatic carbocycles. The summed E-state index contributed by atoms with van der Waals surface area (Å²) in [5, 5.41) is 1.30. The number of rotatable bonds is 0. The Kier molecular flexibility index (Phi) is 3.17. The summed E-state index contributed by atoms with van der Waals surface area (Å²) in [6.07, 6.45) is 2.15. The van der Waals surface area contributed by atoms with Gasteiger partial charge in [0.25, 0.3) is 0 Å². The van der Waals surface area contributed by atoms with Gasteiger partial charge in [0, 0.05) is 39.3 Å². The fourth-order valence-electron chi connectivity index (χ4n) is 2.26. The first-order valence-corrected chi connectivity index (χ1v) is 5.27. The zero-order valence-corrected chi connectivity index (χ0v) is 12.4. The molecule has 1 radical (unpaired) electrons. The number of aromatic nitrogens is 1. The van der Waals surface area contributed by atoms with Gasteiger partial charge in [0.05, 0.1) is 5.60 Å². The van der Waals surface area contributed by atoms with Crippen LogP contribution in [0.25, 0.3) is 10.9 Å². The first kappa shape index (κ1) is 12.2. The number of benzene rings is 1. The van der Waals surface area contributed by atoms with Gasteiger partial charge in [-0.1, -0.05) is 23.9 Å². The fraction of sp³-hybridized carbons (Fsp3) is 0.308. The number of para-hydroxylation sites is 1. The van der Waals surface area contributed by atoms with Crippen molar-refractivity contribution in [3.05, 3.63) is 41.9 Å². The van der Waals surface area contributed by atoms with E-state index in [4.69, 9.17) is 4.74 Å². The van der Waals surface area contributed by atoms with Gasteiger partial charge >= 0.3 is 0 Å². The number of ether oxygens (including phenoxy) is 1. The first-order chi connectivity index (χ1) is 7.18. The quantitative estimate of drug-likeness (QED) is 0.741. The second-order valence-corrected chi connectivity index (χ2v) is 4.48. The van der Waals surface area contributed by atoms with Crippen LogP contribution in [0.3, 0.4) is 0 Å². The molecular weight excluding hydrogens is 275 g/mol. The van der Waals surface area contributed by atoms with E-state index < -0.39 is 0 Å². The van der Waals surface area contributed by atoms with E-state index in [1.165, 1.54) is 22.2 Å². The summed E-state index contributed by atoms with van der Waals surface area (Å²) in [5.74, 6) is 0. The molecule has 0 unspecified atom stereocenters. The monoisotopic (exact) mass is 289 g/mol. The van der Waals surface area contributed by atoms with E-state index in [-0.39, 0.29) is 38.3 Å². The van der Waals surface area contributed by atoms with E-state index in [1.54, 1.807) is 0 Å². The van der Waals surface area contributed by atoms with Gasteiger partial charge in [-0.2, -0.15) is 12.0 Å². The molecule has 16 heavy (non-hydrogen) atoms. The molecule has 1 aliphatic rings. The maximum atomic E-state index is 5.73. The Morgan fingerprint density at radius 1 is 1.31 bits per heavy atom. The molecule has 3 rings (SSSR count). The molecule has 1 N–H and O–H groups in total. The zero-order valence-electron chi connectivity index (χ0n) is 9.58. The molecule has 0 spiro atoms. The number of H-pyrrole nitrogens is 1. The normalized spacial score (nSPS) is 17.4. The van der Waals surface area contributed by atoms with Gasteiger partial charge in [-0.15, -0.1) is 11.5 Å². The van der Waals surface area contributed by atoms with E-state index in [0.29, 0.717) is 6.61 Å². The van der Waals surface area contributed by atoms with Gasteiger partial charge < -0.3 is 9.72 Å². The number of nitrogens with one attached hydrogen (secondary N) is 1. The van der Waals surface area contributed by atoms with Gasteiger partial charge in [-0.05, 0) is 19.4 Å². The van der Waals surface area contributed by atoms with Crippen LogP contribution in [-0.2, 0) is 43.0 Å². The third-order valence-electron chi connectivity index (χ3n) is 3.08. The Balaban J connectivity index is 0.000000963. The molecule has 3 heteroatoms. The van der Waals surface area contributed by atoms with E-state index >= 15 is 0 Å². The van der Waals surface area contributed by atoms with Gasteiger partial charge in [0.1, 0.15) is 0 Å². The first-order valence-electron chi connectivity index (χ1n) is 5.27. The summed E-state index contributed by atoms with van der Waals surface area (Å²) in [6, 6.07) is 8.39. The van der Waals surface area contributed by atoms with E-state index in [2.05, 4.69) is 49.5 Å². The van der Waals surface area contributed by atoms with Crippen LogP contribution in [0.1, 0.15) is 25.1 Å². The van der Waals surface area contributed by atoms with Crippen LogP contribution in [0.15, 0.2) is 24.3 Å². The van der Waals surface area contributed by atoms with Crippen molar-refractivity contribution in [2.75, 3.05) is 6.61 Å². The average molecular weight is 289 g/mol. The standard InChI is InChI=1S/C13H14NO.Y/c1-13(2)12-10(7-8-15-13)9-5-3-4-6-11(9)14-12;/h3-7,14H,8H2,1-2H3;/q-1;. The molecule has 0 fully saturated rings. The minimum atomic E-state index is -0.205. The van der Waals surface area contributed by atoms with Gasteiger partial charge in [-0.25, -0.2) is 0 Å². The van der Waals surface area contributed by atoms with Crippen molar-refractivity contribution in [1.29, 1.82) is 0 Å². The van der Waals surface area contributed by atoms with Crippen LogP contribution in [-0.4, -0.2) is 11.6 Å². The van der Waals surface area contributed by atoms with Crippen LogP contribution in [0.2, 0.25) is 0 Å². The zero-order chi connectivity index (χ0) is 10.5. The molecule has 0 atom stereocenters. The summed E-state index contributed by atoms with van der Waals surface area (Å²) >= 11 is 0. The minimum Gasteiger partial charge on any atom is -0.418 e. The predicted molar refractivity (Wildman–Crippen MR) is 60.7 cm³/mol. The van der Waals surface area contributed by atoms with Crippen LogP contribution in [0, 0.1) is 6.42 Å². The maximum absolute atomic E-state index is 5.73. The summed E-state index contributed by atoms with van der Waals surface area (Å²) in [6.45, 7) is 4.91. The molecule has 0 bridgehead atoms. The summed E-state index contributed by atoms with van der Waals surface area (Å²) in [7, 11) is 0. The number of aromatic amines is 1. The molecule has 1 aromatic heterocycles. The summed E-state index contributed by atoms with van der Waals surface area (Å²) in [4.78, 5) is 3.45. The smallest absolute Gasteiger partial charge is 0.0577 e. The molecule has 0 saturated carbocycles. The second-order valence-electron chi connectivity index (χ2n) is 4.48. The topological polar surface area (TPSA) is 25.0 Å². The molecule has 2 heterocycles. The number of hydrogen-bond donors (Lipinski definition) is 1. The van der Waals surface area contributed by atoms with E-state index in [9.17, 15) is 0 Å². The Morgan fingerprint density at radius 2 is 2.06 bits per heavy atom. The molecule has 0 saturated heterocycles. The van der Waals surface area contributed by atoms with E-state index in [0.717, 1.165) is 0 Å². The number of fused-ring (bicyclic) bond motifs is 3. The van der Waals surface area contributed by atoms with Crippen molar-refractivity contribution in [1.82, 2.24) is 4.98 Å². The summed E-state index contributed by atoms with van der Waals surface area (Å²) < 4.78 is 5.73. The largest absolute Gasteiger partial charge is 0.418 e. The third-order valence-corrected chi connectivity index (χ3v) is 3.08. The second kappa shape index (κ2) is 4.17. The Hall–Kier alpha value is -0.306. The van der Waals surface area contributed by atoms with Gasteiger partial charge in [-0.3, -0.25) is 0 Å². The van der Waals surface area contributed by atoms with Crippen LogP contribution in [0.5, 0.6) is 0 Å². The van der Waals surface area contributed by atoms with Crippen molar-refractivity contribution >= 4 is 10.9 Å². The maximum Gasteiger partial charge on any atom is 0.0577 e. The van der Waals surface area contributed by atoms with Gasteiger partial charge in [0.15, 0.2) is 0 Å². The third kappa shape index (κ3) is 1.73. The molecule has 1 aromatic carbocycles. The fourth-order valence-corrected chi connectivity index (χ4v) is 2.26. The van der Waals surface area contributed by atoms with Gasteiger partial charge in [0.2, 0.25) is 0 Å². The van der Waals surface area contributed by atoms with Crippen molar-refractivity contribution in [3.63, 3.8) is 0 Å². The van der Waals surface area contributed by atoms with Crippen LogP contribution < -0.4 is 0 Å². The van der Waals surface area contributed by atoms with Crippen molar-refractivity contribution in [3.8, 4) is 0 Å². The Labute approximate surface area is 121 Å². The SMILES string of the molecule is CC1(C)OC[CH-]c2c1[nH]c1ccccc21.[Y]. The average Bonchev–Trinajstić information content (AvgIpc) is 2.58. The molecule has 0 amide bonds. The van der Waals surface area contributed by atoms with Crippen molar-refractivity contribution < 1.29 is 37.4 Å².